The number of rotatable bonds is 24. The Hall–Kier alpha value is -5.75. The molecular formula is C49H82N8O11. The molecule has 0 bridgehead atoms. The number of carbonyl (C=O) groups excluding carboxylic acids is 9. The van der Waals surface area contributed by atoms with E-state index in [1.165, 1.54) is 112 Å². The van der Waals surface area contributed by atoms with Gasteiger partial charge in [0.1, 0.15) is 42.9 Å². The number of carbonyl (C=O) groups is 9. The molecule has 19 heteroatoms. The average molecular weight is 959 g/mol. The fourth-order valence-electron chi connectivity index (χ4n) is 7.85. The minimum Gasteiger partial charge on any atom is -0.467 e. The first-order valence-corrected chi connectivity index (χ1v) is 23.3. The van der Waals surface area contributed by atoms with E-state index >= 15 is 0 Å². The number of hydrogen-bond acceptors (Lipinski definition) is 11. The van der Waals surface area contributed by atoms with Crippen LogP contribution in [-0.4, -0.2) is 205 Å². The number of benzene rings is 1. The maximum atomic E-state index is 14.3. The summed E-state index contributed by atoms with van der Waals surface area (Å²) in [5.41, 5.74) is 0.778. The van der Waals surface area contributed by atoms with Crippen LogP contribution in [0, 0.1) is 23.7 Å². The molecule has 0 saturated carbocycles. The lowest BCUT2D eigenvalue weighted by atomic mass is 9.99. The normalized spacial score (nSPS) is 13.9. The number of amides is 8. The Labute approximate surface area is 405 Å². The Morgan fingerprint density at radius 1 is 0.471 bits per heavy atom. The monoisotopic (exact) mass is 959 g/mol. The molecule has 0 spiro atoms. The predicted octanol–water partition coefficient (Wildman–Crippen LogP) is 3.29. The van der Waals surface area contributed by atoms with Gasteiger partial charge in [0.05, 0.1) is 20.2 Å². The van der Waals surface area contributed by atoms with Gasteiger partial charge < -0.3 is 43.8 Å². The first-order chi connectivity index (χ1) is 31.4. The Morgan fingerprint density at radius 2 is 0.853 bits per heavy atom. The van der Waals surface area contributed by atoms with Gasteiger partial charge in [-0.15, -0.1) is 0 Å². The van der Waals surface area contributed by atoms with Crippen LogP contribution in [0.25, 0.3) is 0 Å². The van der Waals surface area contributed by atoms with Gasteiger partial charge in [-0.25, -0.2) is 9.59 Å². The Balaban J connectivity index is 3.20. The van der Waals surface area contributed by atoms with Gasteiger partial charge in [-0.3, -0.25) is 38.5 Å². The maximum absolute atomic E-state index is 14.3. The van der Waals surface area contributed by atoms with Crippen molar-refractivity contribution in [2.75, 3.05) is 76.6 Å². The third-order valence-corrected chi connectivity index (χ3v) is 12.4. The van der Waals surface area contributed by atoms with Crippen molar-refractivity contribution < 1.29 is 52.6 Å². The standard InChI is InChI=1S/C49H82N8O11/c1-30(2)25-37(45(62)52(13)34(9)43(60)56(17)41(32(5)6)46(63)51(12)28-40(59)55(16)38(26-31(3)4)48(65)67-19)54(15)39(58)27-50(11)47(64)42(33(7)8)57(18)44(61)35(10)53(14)49(66)68-29-36-23-21-20-22-24-36/h20-24,30-35,37-38,41-42H,25-29H2,1-19H3. The van der Waals surface area contributed by atoms with E-state index in [-0.39, 0.29) is 31.4 Å². The van der Waals surface area contributed by atoms with Crippen LogP contribution in [0.3, 0.4) is 0 Å². The highest BCUT2D eigenvalue weighted by atomic mass is 16.6. The van der Waals surface area contributed by atoms with E-state index in [9.17, 15) is 43.2 Å². The maximum Gasteiger partial charge on any atom is 0.410 e. The van der Waals surface area contributed by atoms with Crippen LogP contribution in [0.1, 0.15) is 87.6 Å². The van der Waals surface area contributed by atoms with Crippen LogP contribution in [-0.2, 0) is 54.4 Å². The molecule has 0 saturated heterocycles. The number of nitrogens with zero attached hydrogens (tertiary/aromatic N) is 8. The van der Waals surface area contributed by atoms with Crippen LogP contribution >= 0.6 is 0 Å². The van der Waals surface area contributed by atoms with E-state index in [0.717, 1.165) is 10.5 Å². The molecule has 0 aliphatic rings. The summed E-state index contributed by atoms with van der Waals surface area (Å²) in [6.07, 6.45) is -0.137. The van der Waals surface area contributed by atoms with Crippen LogP contribution in [0.5, 0.6) is 0 Å². The lowest BCUT2D eigenvalue weighted by Gasteiger charge is -2.39. The molecule has 19 nitrogen and oxygen atoms in total. The van der Waals surface area contributed by atoms with E-state index < -0.39 is 108 Å². The zero-order valence-corrected chi connectivity index (χ0v) is 44.3. The van der Waals surface area contributed by atoms with Crippen LogP contribution in [0.2, 0.25) is 0 Å². The summed E-state index contributed by atoms with van der Waals surface area (Å²) in [5.74, 6) is -5.09. The second-order valence-corrected chi connectivity index (χ2v) is 19.4. The number of ether oxygens (including phenoxy) is 2. The molecule has 0 aromatic heterocycles. The highest BCUT2D eigenvalue weighted by Crippen LogP contribution is 2.21. The molecule has 1 aromatic rings. The summed E-state index contributed by atoms with van der Waals surface area (Å²) in [6, 6.07) is 3.08. The molecule has 68 heavy (non-hydrogen) atoms. The van der Waals surface area contributed by atoms with Crippen molar-refractivity contribution in [2.24, 2.45) is 23.7 Å². The van der Waals surface area contributed by atoms with Crippen molar-refractivity contribution in [1.29, 1.82) is 0 Å². The van der Waals surface area contributed by atoms with E-state index in [1.807, 2.05) is 58.0 Å². The fourth-order valence-corrected chi connectivity index (χ4v) is 7.85. The van der Waals surface area contributed by atoms with Crippen LogP contribution in [0.15, 0.2) is 30.3 Å². The van der Waals surface area contributed by atoms with Gasteiger partial charge in [0.15, 0.2) is 0 Å². The second-order valence-electron chi connectivity index (χ2n) is 19.4. The van der Waals surface area contributed by atoms with Crippen LogP contribution < -0.4 is 0 Å². The third kappa shape index (κ3) is 16.5. The van der Waals surface area contributed by atoms with Crippen molar-refractivity contribution >= 4 is 53.4 Å². The molecule has 384 valence electrons. The number of hydrogen-bond donors (Lipinski definition) is 0. The summed E-state index contributed by atoms with van der Waals surface area (Å²) in [6.45, 7) is 16.9. The van der Waals surface area contributed by atoms with Gasteiger partial charge in [0, 0.05) is 56.4 Å². The topological polar surface area (TPSA) is 198 Å². The minimum atomic E-state index is -1.09. The summed E-state index contributed by atoms with van der Waals surface area (Å²) in [7, 11) is 12.9. The molecule has 0 aliphatic heterocycles. The molecule has 0 radical (unpaired) electrons. The Bertz CT molecular complexity index is 1890. The predicted molar refractivity (Wildman–Crippen MR) is 258 cm³/mol. The molecule has 1 aromatic carbocycles. The van der Waals surface area contributed by atoms with Crippen molar-refractivity contribution in [3.63, 3.8) is 0 Å². The van der Waals surface area contributed by atoms with Gasteiger partial charge >= 0.3 is 12.1 Å². The average Bonchev–Trinajstić information content (AvgIpc) is 3.28. The van der Waals surface area contributed by atoms with Crippen molar-refractivity contribution in [3.05, 3.63) is 35.9 Å². The van der Waals surface area contributed by atoms with Gasteiger partial charge in [0.25, 0.3) is 0 Å². The van der Waals surface area contributed by atoms with Crippen LogP contribution in [0.4, 0.5) is 4.79 Å². The molecule has 1 rings (SSSR count). The zero-order chi connectivity index (χ0) is 52.7. The summed E-state index contributed by atoms with van der Waals surface area (Å²) >= 11 is 0. The summed E-state index contributed by atoms with van der Waals surface area (Å²) < 4.78 is 10.3. The second kappa shape index (κ2) is 27.3. The lowest BCUT2D eigenvalue weighted by molar-refractivity contribution is -0.156. The van der Waals surface area contributed by atoms with Gasteiger partial charge in [-0.2, -0.15) is 0 Å². The fraction of sp³-hybridized carbons (Fsp3) is 0.694. The lowest BCUT2D eigenvalue weighted by Crippen LogP contribution is -2.59. The molecule has 0 N–H and O–H groups in total. The number of likely N-dealkylation sites (N-methyl/N-ethyl adjacent to an activating group) is 8. The van der Waals surface area contributed by atoms with E-state index in [4.69, 9.17) is 9.47 Å². The summed E-state index contributed by atoms with van der Waals surface area (Å²) in [5, 5.41) is 0. The SMILES string of the molecule is COC(=O)C(CC(C)C)N(C)C(=O)CN(C)C(=O)C(C(C)C)N(C)C(=O)C(C)N(C)C(=O)C(CC(C)C)N(C)C(=O)CN(C)C(=O)C(C(C)C)N(C)C(=O)C(C)N(C)C(=O)OCc1ccccc1. The first kappa shape index (κ1) is 60.3. The van der Waals surface area contributed by atoms with E-state index in [1.54, 1.807) is 27.7 Å². The van der Waals surface area contributed by atoms with E-state index in [2.05, 4.69) is 0 Å². The molecule has 6 atom stereocenters. The minimum absolute atomic E-state index is 0.0144. The Kier molecular flexibility index (Phi) is 24.2. The smallest absolute Gasteiger partial charge is 0.410 e. The molecular weight excluding hydrogens is 877 g/mol. The Morgan fingerprint density at radius 3 is 1.24 bits per heavy atom. The largest absolute Gasteiger partial charge is 0.467 e. The first-order valence-electron chi connectivity index (χ1n) is 23.3. The number of methoxy groups -OCH3 is 1. The third-order valence-electron chi connectivity index (χ3n) is 12.4. The number of esters is 1. The molecule has 6 unspecified atom stereocenters. The quantitative estimate of drug-likeness (QED) is 0.138. The van der Waals surface area contributed by atoms with Crippen molar-refractivity contribution in [3.8, 4) is 0 Å². The highest BCUT2D eigenvalue weighted by molar-refractivity contribution is 5.96. The van der Waals surface area contributed by atoms with E-state index in [0.29, 0.717) is 6.42 Å². The highest BCUT2D eigenvalue weighted by Gasteiger charge is 2.41. The zero-order valence-electron chi connectivity index (χ0n) is 44.3. The molecule has 0 heterocycles. The molecule has 8 amide bonds. The van der Waals surface area contributed by atoms with Crippen molar-refractivity contribution in [1.82, 2.24) is 39.2 Å². The molecule has 0 fully saturated rings. The van der Waals surface area contributed by atoms with Gasteiger partial charge in [-0.1, -0.05) is 85.7 Å². The molecule has 0 aliphatic carbocycles. The summed E-state index contributed by atoms with van der Waals surface area (Å²) in [4.78, 5) is 133. The van der Waals surface area contributed by atoms with Gasteiger partial charge in [-0.05, 0) is 55.9 Å². The van der Waals surface area contributed by atoms with Gasteiger partial charge in [0.2, 0.25) is 41.4 Å². The van der Waals surface area contributed by atoms with Crippen molar-refractivity contribution in [2.45, 2.75) is 125 Å².